The van der Waals surface area contributed by atoms with Gasteiger partial charge in [-0.1, -0.05) is 6.07 Å². The van der Waals surface area contributed by atoms with Gasteiger partial charge in [0.25, 0.3) is 0 Å². The number of amides is 1. The van der Waals surface area contributed by atoms with Gasteiger partial charge in [-0.2, -0.15) is 0 Å². The standard InChI is InChI=1S/C8H9N3O/c9-7(12)6-4-5-2-1-3-10-8(5)11-6/h1-3,6H,4H2,(H2,9,12)(H,10,11)/t6-/m1/s1. The number of anilines is 1. The van der Waals surface area contributed by atoms with Crippen molar-refractivity contribution in [2.75, 3.05) is 5.32 Å². The second kappa shape index (κ2) is 2.48. The van der Waals surface area contributed by atoms with E-state index in [1.165, 1.54) is 0 Å². The first-order chi connectivity index (χ1) is 5.77. The normalized spacial score (nSPS) is 19.8. The zero-order valence-corrected chi connectivity index (χ0v) is 6.45. The highest BCUT2D eigenvalue weighted by atomic mass is 16.1. The summed E-state index contributed by atoms with van der Waals surface area (Å²) in [6.45, 7) is 0. The van der Waals surface area contributed by atoms with Crippen LogP contribution in [-0.2, 0) is 11.2 Å². The lowest BCUT2D eigenvalue weighted by Crippen LogP contribution is -2.33. The third kappa shape index (κ3) is 1.01. The Morgan fingerprint density at radius 1 is 1.75 bits per heavy atom. The van der Waals surface area contributed by atoms with Crippen molar-refractivity contribution in [2.45, 2.75) is 12.5 Å². The van der Waals surface area contributed by atoms with Crippen molar-refractivity contribution in [3.8, 4) is 0 Å². The molecule has 4 heteroatoms. The third-order valence-corrected chi connectivity index (χ3v) is 1.97. The Hall–Kier alpha value is -1.58. The first kappa shape index (κ1) is 7.09. The van der Waals surface area contributed by atoms with E-state index in [9.17, 15) is 4.79 Å². The smallest absolute Gasteiger partial charge is 0.240 e. The number of pyridine rings is 1. The maximum Gasteiger partial charge on any atom is 0.240 e. The summed E-state index contributed by atoms with van der Waals surface area (Å²) in [6.07, 6.45) is 2.34. The van der Waals surface area contributed by atoms with Crippen molar-refractivity contribution in [3.63, 3.8) is 0 Å². The van der Waals surface area contributed by atoms with Crippen molar-refractivity contribution in [3.05, 3.63) is 23.9 Å². The summed E-state index contributed by atoms with van der Waals surface area (Å²) in [7, 11) is 0. The summed E-state index contributed by atoms with van der Waals surface area (Å²) in [5.74, 6) is 0.453. The van der Waals surface area contributed by atoms with Crippen LogP contribution in [0.4, 0.5) is 5.82 Å². The number of rotatable bonds is 1. The zero-order valence-electron chi connectivity index (χ0n) is 6.45. The summed E-state index contributed by atoms with van der Waals surface area (Å²) in [4.78, 5) is 14.9. The highest BCUT2D eigenvalue weighted by molar-refractivity contribution is 5.85. The van der Waals surface area contributed by atoms with E-state index in [0.29, 0.717) is 6.42 Å². The van der Waals surface area contributed by atoms with Gasteiger partial charge in [-0.05, 0) is 11.6 Å². The highest BCUT2D eigenvalue weighted by Gasteiger charge is 2.24. The van der Waals surface area contributed by atoms with E-state index in [-0.39, 0.29) is 11.9 Å². The number of hydrogen-bond acceptors (Lipinski definition) is 3. The number of nitrogens with zero attached hydrogens (tertiary/aromatic N) is 1. The predicted octanol–water partition coefficient (Wildman–Crippen LogP) is -0.0965. The summed E-state index contributed by atoms with van der Waals surface area (Å²) in [5, 5.41) is 2.95. The van der Waals surface area contributed by atoms with Gasteiger partial charge in [0.2, 0.25) is 5.91 Å². The van der Waals surface area contributed by atoms with E-state index in [2.05, 4.69) is 10.3 Å². The van der Waals surface area contributed by atoms with Crippen molar-refractivity contribution in [1.82, 2.24) is 4.98 Å². The molecule has 2 rings (SSSR count). The van der Waals surface area contributed by atoms with E-state index in [1.807, 2.05) is 12.1 Å². The Morgan fingerprint density at radius 3 is 3.25 bits per heavy atom. The van der Waals surface area contributed by atoms with E-state index in [4.69, 9.17) is 5.73 Å². The number of carbonyl (C=O) groups excluding carboxylic acids is 1. The van der Waals surface area contributed by atoms with Crippen molar-refractivity contribution >= 4 is 11.7 Å². The fourth-order valence-electron chi connectivity index (χ4n) is 1.34. The maximum absolute atomic E-state index is 10.8. The molecule has 0 spiro atoms. The van der Waals surface area contributed by atoms with Gasteiger partial charge in [-0.25, -0.2) is 4.98 Å². The largest absolute Gasteiger partial charge is 0.368 e. The average molecular weight is 163 g/mol. The summed E-state index contributed by atoms with van der Waals surface area (Å²) >= 11 is 0. The van der Waals surface area contributed by atoms with Crippen molar-refractivity contribution in [1.29, 1.82) is 0 Å². The lowest BCUT2D eigenvalue weighted by atomic mass is 10.1. The molecule has 1 aromatic heterocycles. The highest BCUT2D eigenvalue weighted by Crippen LogP contribution is 2.21. The van der Waals surface area contributed by atoms with Crippen molar-refractivity contribution < 1.29 is 4.79 Å². The average Bonchev–Trinajstić information content (AvgIpc) is 2.46. The molecule has 0 saturated carbocycles. The van der Waals surface area contributed by atoms with Crippen LogP contribution in [0.15, 0.2) is 18.3 Å². The summed E-state index contributed by atoms with van der Waals surface area (Å²) in [6, 6.07) is 3.51. The molecule has 2 heterocycles. The molecule has 1 aliphatic heterocycles. The van der Waals surface area contributed by atoms with Crippen LogP contribution in [0.5, 0.6) is 0 Å². The molecule has 0 radical (unpaired) electrons. The summed E-state index contributed by atoms with van der Waals surface area (Å²) in [5.41, 5.74) is 6.20. The number of aromatic nitrogens is 1. The molecule has 0 aliphatic carbocycles. The fraction of sp³-hybridized carbons (Fsp3) is 0.250. The molecule has 62 valence electrons. The molecule has 12 heavy (non-hydrogen) atoms. The topological polar surface area (TPSA) is 68.0 Å². The number of hydrogen-bond donors (Lipinski definition) is 2. The fourth-order valence-corrected chi connectivity index (χ4v) is 1.34. The summed E-state index contributed by atoms with van der Waals surface area (Å²) < 4.78 is 0. The van der Waals surface area contributed by atoms with Gasteiger partial charge < -0.3 is 11.1 Å². The Kier molecular flexibility index (Phi) is 1.46. The minimum atomic E-state index is -0.326. The van der Waals surface area contributed by atoms with E-state index in [0.717, 1.165) is 11.4 Å². The van der Waals surface area contributed by atoms with Crippen LogP contribution in [0.3, 0.4) is 0 Å². The molecule has 1 amide bonds. The Morgan fingerprint density at radius 2 is 2.58 bits per heavy atom. The lowest BCUT2D eigenvalue weighted by Gasteiger charge is -2.03. The SMILES string of the molecule is NC(=O)[C@H]1Cc2cccnc2N1. The number of primary amides is 1. The number of fused-ring (bicyclic) bond motifs is 1. The predicted molar refractivity (Wildman–Crippen MR) is 44.5 cm³/mol. The van der Waals surface area contributed by atoms with Crippen LogP contribution < -0.4 is 11.1 Å². The van der Waals surface area contributed by atoms with Crippen LogP contribution in [0.25, 0.3) is 0 Å². The van der Waals surface area contributed by atoms with E-state index < -0.39 is 0 Å². The van der Waals surface area contributed by atoms with Crippen LogP contribution in [0.2, 0.25) is 0 Å². The van der Waals surface area contributed by atoms with Crippen LogP contribution in [0.1, 0.15) is 5.56 Å². The Labute approximate surface area is 69.8 Å². The zero-order chi connectivity index (χ0) is 8.55. The molecular weight excluding hydrogens is 154 g/mol. The minimum absolute atomic E-state index is 0.283. The second-order valence-corrected chi connectivity index (χ2v) is 2.81. The van der Waals surface area contributed by atoms with Crippen LogP contribution in [-0.4, -0.2) is 16.9 Å². The third-order valence-electron chi connectivity index (χ3n) is 1.97. The first-order valence-electron chi connectivity index (χ1n) is 3.77. The first-order valence-corrected chi connectivity index (χ1v) is 3.77. The molecular formula is C8H9N3O. The van der Waals surface area contributed by atoms with Gasteiger partial charge in [-0.3, -0.25) is 4.79 Å². The molecule has 1 atom stereocenters. The minimum Gasteiger partial charge on any atom is -0.368 e. The van der Waals surface area contributed by atoms with Gasteiger partial charge in [0.1, 0.15) is 11.9 Å². The lowest BCUT2D eigenvalue weighted by molar-refractivity contribution is -0.118. The van der Waals surface area contributed by atoms with Crippen LogP contribution in [0, 0.1) is 0 Å². The van der Waals surface area contributed by atoms with E-state index >= 15 is 0 Å². The quantitative estimate of drug-likeness (QED) is 0.607. The van der Waals surface area contributed by atoms with Gasteiger partial charge in [0.05, 0.1) is 0 Å². The molecule has 0 fully saturated rings. The molecule has 1 aliphatic rings. The molecule has 0 bridgehead atoms. The molecule has 1 aromatic rings. The molecule has 0 unspecified atom stereocenters. The number of carbonyl (C=O) groups is 1. The number of nitrogens with one attached hydrogen (secondary N) is 1. The Bertz CT molecular complexity index is 299. The molecule has 0 aromatic carbocycles. The van der Waals surface area contributed by atoms with Gasteiger partial charge in [0.15, 0.2) is 0 Å². The molecule has 4 nitrogen and oxygen atoms in total. The van der Waals surface area contributed by atoms with Gasteiger partial charge in [0, 0.05) is 12.6 Å². The number of nitrogens with two attached hydrogens (primary N) is 1. The van der Waals surface area contributed by atoms with Crippen molar-refractivity contribution in [2.24, 2.45) is 5.73 Å². The molecule has 0 saturated heterocycles. The maximum atomic E-state index is 10.8. The van der Waals surface area contributed by atoms with E-state index in [1.54, 1.807) is 6.20 Å². The second-order valence-electron chi connectivity index (χ2n) is 2.81. The van der Waals surface area contributed by atoms with Gasteiger partial charge in [-0.15, -0.1) is 0 Å². The Balaban J connectivity index is 2.27. The van der Waals surface area contributed by atoms with Gasteiger partial charge >= 0.3 is 0 Å². The molecule has 3 N–H and O–H groups in total. The monoisotopic (exact) mass is 163 g/mol. The van der Waals surface area contributed by atoms with Crippen LogP contribution >= 0.6 is 0 Å².